The Balaban J connectivity index is 1.59. The predicted octanol–water partition coefficient (Wildman–Crippen LogP) is 6.50. The van der Waals surface area contributed by atoms with Crippen molar-refractivity contribution in [1.82, 2.24) is 5.32 Å². The van der Waals surface area contributed by atoms with Crippen LogP contribution in [0.15, 0.2) is 59.1 Å². The third-order valence-corrected chi connectivity index (χ3v) is 7.28. The van der Waals surface area contributed by atoms with Gasteiger partial charge in [-0.2, -0.15) is 0 Å². The third kappa shape index (κ3) is 5.31. The van der Waals surface area contributed by atoms with E-state index in [-0.39, 0.29) is 5.91 Å². The highest BCUT2D eigenvalue weighted by Gasteiger charge is 2.21. The Morgan fingerprint density at radius 3 is 2.52 bits per heavy atom. The van der Waals surface area contributed by atoms with E-state index in [0.717, 1.165) is 44.9 Å². The van der Waals surface area contributed by atoms with Gasteiger partial charge in [0.05, 0.1) is 17.0 Å². The van der Waals surface area contributed by atoms with Gasteiger partial charge in [-0.05, 0) is 42.7 Å². The summed E-state index contributed by atoms with van der Waals surface area (Å²) in [4.78, 5) is 16.3. The van der Waals surface area contributed by atoms with Crippen molar-refractivity contribution in [3.8, 4) is 16.9 Å². The van der Waals surface area contributed by atoms with Crippen molar-refractivity contribution in [3.63, 3.8) is 0 Å². The molecular formula is C25H27BrN2O2S. The zero-order valence-electron chi connectivity index (χ0n) is 17.7. The summed E-state index contributed by atoms with van der Waals surface area (Å²) in [6.45, 7) is 2.52. The average Bonchev–Trinajstić information content (AvgIpc) is 3.06. The van der Waals surface area contributed by atoms with E-state index < -0.39 is 0 Å². The van der Waals surface area contributed by atoms with Crippen LogP contribution in [0.3, 0.4) is 0 Å². The van der Waals surface area contributed by atoms with Crippen LogP contribution in [0, 0.1) is 0 Å². The number of hydrogen-bond acceptors (Lipinski definition) is 4. The highest BCUT2D eigenvalue weighted by Crippen LogP contribution is 2.40. The van der Waals surface area contributed by atoms with E-state index >= 15 is 0 Å². The molecule has 1 aromatic heterocycles. The SMILES string of the molecule is COc1ccc(Br)cc1CNC(=O)c1cc(-c2ccccc2)c(N2CCCCCC2)s1. The topological polar surface area (TPSA) is 41.6 Å². The molecule has 1 fully saturated rings. The third-order valence-electron chi connectivity index (χ3n) is 5.60. The summed E-state index contributed by atoms with van der Waals surface area (Å²) in [5.74, 6) is 0.718. The number of methoxy groups -OCH3 is 1. The molecule has 6 heteroatoms. The number of amides is 1. The number of rotatable bonds is 6. The smallest absolute Gasteiger partial charge is 0.261 e. The Kier molecular flexibility index (Phi) is 7.30. The maximum absolute atomic E-state index is 13.1. The quantitative estimate of drug-likeness (QED) is 0.421. The molecule has 0 aliphatic carbocycles. The molecule has 4 rings (SSSR count). The lowest BCUT2D eigenvalue weighted by atomic mass is 10.1. The van der Waals surface area contributed by atoms with Gasteiger partial charge < -0.3 is 15.0 Å². The molecule has 1 N–H and O–H groups in total. The summed E-state index contributed by atoms with van der Waals surface area (Å²) >= 11 is 5.09. The van der Waals surface area contributed by atoms with Gasteiger partial charge in [-0.1, -0.05) is 59.1 Å². The van der Waals surface area contributed by atoms with Crippen LogP contribution in [0.1, 0.15) is 40.9 Å². The van der Waals surface area contributed by atoms with Crippen molar-refractivity contribution in [1.29, 1.82) is 0 Å². The van der Waals surface area contributed by atoms with Gasteiger partial charge in [0.25, 0.3) is 5.91 Å². The second-order valence-electron chi connectivity index (χ2n) is 7.74. The summed E-state index contributed by atoms with van der Waals surface area (Å²) in [5, 5.41) is 4.28. The molecule has 1 amide bonds. The Morgan fingerprint density at radius 2 is 1.81 bits per heavy atom. The first-order chi connectivity index (χ1) is 15.2. The Hall–Kier alpha value is -2.31. The molecule has 2 heterocycles. The normalized spacial score (nSPS) is 14.2. The van der Waals surface area contributed by atoms with Gasteiger partial charge in [0, 0.05) is 35.2 Å². The van der Waals surface area contributed by atoms with Crippen molar-refractivity contribution in [2.24, 2.45) is 0 Å². The number of anilines is 1. The highest BCUT2D eigenvalue weighted by atomic mass is 79.9. The number of thiophene rings is 1. The van der Waals surface area contributed by atoms with E-state index in [4.69, 9.17) is 4.74 Å². The minimum Gasteiger partial charge on any atom is -0.496 e. The minimum atomic E-state index is -0.0507. The van der Waals surface area contributed by atoms with Gasteiger partial charge in [-0.25, -0.2) is 0 Å². The second-order valence-corrected chi connectivity index (χ2v) is 9.68. The van der Waals surface area contributed by atoms with Crippen molar-refractivity contribution in [2.45, 2.75) is 32.2 Å². The van der Waals surface area contributed by atoms with Crippen LogP contribution >= 0.6 is 27.3 Å². The average molecular weight is 499 g/mol. The number of benzene rings is 2. The van der Waals surface area contributed by atoms with Gasteiger partial charge in [-0.3, -0.25) is 4.79 Å². The molecule has 2 aromatic carbocycles. The fourth-order valence-corrected chi connectivity index (χ4v) is 5.53. The maximum Gasteiger partial charge on any atom is 0.261 e. The van der Waals surface area contributed by atoms with E-state index in [1.54, 1.807) is 18.4 Å². The Bertz CT molecular complexity index is 1030. The molecule has 0 atom stereocenters. The Labute approximate surface area is 196 Å². The first kappa shape index (κ1) is 21.9. The number of halogens is 1. The van der Waals surface area contributed by atoms with E-state index in [1.165, 1.54) is 30.7 Å². The predicted molar refractivity (Wildman–Crippen MR) is 132 cm³/mol. The molecule has 1 saturated heterocycles. The molecule has 0 unspecified atom stereocenters. The molecule has 1 aliphatic rings. The summed E-state index contributed by atoms with van der Waals surface area (Å²) in [7, 11) is 1.65. The lowest BCUT2D eigenvalue weighted by Gasteiger charge is -2.22. The van der Waals surface area contributed by atoms with Gasteiger partial charge in [0.2, 0.25) is 0 Å². The fourth-order valence-electron chi connectivity index (χ4n) is 3.97. The second kappa shape index (κ2) is 10.3. The first-order valence-electron chi connectivity index (χ1n) is 10.7. The summed E-state index contributed by atoms with van der Waals surface area (Å²) in [6.07, 6.45) is 4.97. The van der Waals surface area contributed by atoms with Crippen molar-refractivity contribution < 1.29 is 9.53 Å². The summed E-state index contributed by atoms with van der Waals surface area (Å²) in [6, 6.07) is 18.2. The number of nitrogens with one attached hydrogen (secondary N) is 1. The monoisotopic (exact) mass is 498 g/mol. The number of hydrogen-bond donors (Lipinski definition) is 1. The summed E-state index contributed by atoms with van der Waals surface area (Å²) < 4.78 is 6.40. The Morgan fingerprint density at radius 1 is 1.06 bits per heavy atom. The zero-order chi connectivity index (χ0) is 21.6. The number of carbonyl (C=O) groups excluding carboxylic acids is 1. The summed E-state index contributed by atoms with van der Waals surface area (Å²) in [5.41, 5.74) is 3.25. The zero-order valence-corrected chi connectivity index (χ0v) is 20.1. The molecule has 0 bridgehead atoms. The highest BCUT2D eigenvalue weighted by molar-refractivity contribution is 9.10. The molecule has 31 heavy (non-hydrogen) atoms. The molecule has 3 aromatic rings. The molecule has 0 radical (unpaired) electrons. The number of ether oxygens (including phenoxy) is 1. The van der Waals surface area contributed by atoms with E-state index in [9.17, 15) is 4.79 Å². The van der Waals surface area contributed by atoms with Crippen molar-refractivity contribution in [2.75, 3.05) is 25.1 Å². The van der Waals surface area contributed by atoms with Crippen LogP contribution in [0.25, 0.3) is 11.1 Å². The lowest BCUT2D eigenvalue weighted by Crippen LogP contribution is -2.23. The van der Waals surface area contributed by atoms with Crippen LogP contribution < -0.4 is 15.0 Å². The molecule has 0 spiro atoms. The standard InChI is InChI=1S/C25H27BrN2O2S/c1-30-22-12-11-20(26)15-19(22)17-27-24(29)23-16-21(18-9-5-4-6-10-18)25(31-23)28-13-7-2-3-8-14-28/h4-6,9-12,15-16H,2-3,7-8,13-14,17H2,1H3,(H,27,29). The first-order valence-corrected chi connectivity index (χ1v) is 12.3. The van der Waals surface area contributed by atoms with Crippen molar-refractivity contribution >= 4 is 38.2 Å². The van der Waals surface area contributed by atoms with Crippen molar-refractivity contribution in [3.05, 3.63) is 69.5 Å². The van der Waals surface area contributed by atoms with E-state index in [0.29, 0.717) is 6.54 Å². The molecular weight excluding hydrogens is 472 g/mol. The van der Waals surface area contributed by atoms with Crippen LogP contribution in [0.4, 0.5) is 5.00 Å². The van der Waals surface area contributed by atoms with E-state index in [2.05, 4.69) is 50.4 Å². The van der Waals surface area contributed by atoms with E-state index in [1.807, 2.05) is 30.3 Å². The lowest BCUT2D eigenvalue weighted by molar-refractivity contribution is 0.0954. The molecule has 1 aliphatic heterocycles. The van der Waals surface area contributed by atoms with Crippen LogP contribution in [0.5, 0.6) is 5.75 Å². The van der Waals surface area contributed by atoms with Gasteiger partial charge in [0.15, 0.2) is 0 Å². The van der Waals surface area contributed by atoms with Crippen LogP contribution in [0.2, 0.25) is 0 Å². The van der Waals surface area contributed by atoms with Gasteiger partial charge in [0.1, 0.15) is 5.75 Å². The number of nitrogens with zero attached hydrogens (tertiary/aromatic N) is 1. The molecule has 4 nitrogen and oxygen atoms in total. The maximum atomic E-state index is 13.1. The van der Waals surface area contributed by atoms with Crippen LogP contribution in [-0.4, -0.2) is 26.1 Å². The van der Waals surface area contributed by atoms with Gasteiger partial charge >= 0.3 is 0 Å². The molecule has 162 valence electrons. The van der Waals surface area contributed by atoms with Gasteiger partial charge in [-0.15, -0.1) is 11.3 Å². The minimum absolute atomic E-state index is 0.0507. The van der Waals surface area contributed by atoms with Crippen LogP contribution in [-0.2, 0) is 6.54 Å². The fraction of sp³-hybridized carbons (Fsp3) is 0.320. The molecule has 0 saturated carbocycles. The number of carbonyl (C=O) groups is 1. The largest absolute Gasteiger partial charge is 0.496 e.